The van der Waals surface area contributed by atoms with Gasteiger partial charge in [0.25, 0.3) is 0 Å². The quantitative estimate of drug-likeness (QED) is 0.161. The molecule has 2 nitrogen and oxygen atoms in total. The minimum Gasteiger partial charge on any atom is -0.455 e. The Bertz CT molecular complexity index is 4850. The lowest BCUT2D eigenvalue weighted by atomic mass is 9.95. The molecule has 0 saturated heterocycles. The topological polar surface area (TPSA) is 16.4 Å². The van der Waals surface area contributed by atoms with Gasteiger partial charge in [0.1, 0.15) is 11.2 Å². The molecule has 0 aliphatic rings. The number of benzene rings is 10. The highest BCUT2D eigenvalue weighted by Gasteiger charge is 2.22. The zero-order valence-corrected chi connectivity index (χ0v) is 29.5. The average molecular weight is 769 g/mol. The molecular formula is C56H37NO. The van der Waals surface area contributed by atoms with Crippen LogP contribution < -0.4 is 4.90 Å². The van der Waals surface area contributed by atoms with Crippen LogP contribution in [0.1, 0.15) is 39.8 Å². The van der Waals surface area contributed by atoms with Crippen LogP contribution in [0.2, 0.25) is 0 Å². The molecule has 0 amide bonds. The fourth-order valence-corrected chi connectivity index (χ4v) is 6.69. The molecule has 1 heterocycles. The summed E-state index contributed by atoms with van der Waals surface area (Å²) in [6.45, 7) is 0. The first-order valence-electron chi connectivity index (χ1n) is 32.0. The number of nitrogens with zero attached hydrogens (tertiary/aromatic N) is 1. The van der Waals surface area contributed by atoms with E-state index in [2.05, 4.69) is 0 Å². The lowest BCUT2D eigenvalue weighted by Gasteiger charge is -2.27. The van der Waals surface area contributed by atoms with Gasteiger partial charge in [-0.15, -0.1) is 0 Å². The van der Waals surface area contributed by atoms with Gasteiger partial charge in [0.15, 0.2) is 0 Å². The number of anilines is 3. The van der Waals surface area contributed by atoms with Gasteiger partial charge in [-0.2, -0.15) is 0 Å². The number of hydrogen-bond acceptors (Lipinski definition) is 2. The molecule has 0 unspecified atom stereocenters. The van der Waals surface area contributed by atoms with E-state index in [1.807, 2.05) is 0 Å². The minimum atomic E-state index is -1.08. The zero-order chi connectivity index (χ0) is 63.7. The highest BCUT2D eigenvalue weighted by atomic mass is 16.3. The van der Waals surface area contributed by atoms with Crippen LogP contribution in [0.5, 0.6) is 0 Å². The van der Waals surface area contributed by atoms with Crippen LogP contribution in [0.3, 0.4) is 0 Å². The molecule has 0 spiro atoms. The Kier molecular flexibility index (Phi) is 3.73. The van der Waals surface area contributed by atoms with Crippen molar-refractivity contribution >= 4 is 60.5 Å². The van der Waals surface area contributed by atoms with Gasteiger partial charge >= 0.3 is 0 Å². The molecule has 58 heavy (non-hydrogen) atoms. The van der Waals surface area contributed by atoms with Gasteiger partial charge in [0.2, 0.25) is 0 Å². The van der Waals surface area contributed by atoms with Gasteiger partial charge in [0, 0.05) is 32.9 Å². The molecule has 0 fully saturated rings. The van der Waals surface area contributed by atoms with Crippen molar-refractivity contribution in [1.82, 2.24) is 0 Å². The SMILES string of the molecule is [2H]c1c([2H])c([2H])c(-c2c([2H])c([2H])c(-c3c([2H])c([2H])c(N(c4c([2H])c([2H])c(-c5c([2H])c([2H])c([2H])c([2H])c5[2H])c([2H])c4[2H])c4cc5c(oc6cccc(-c7c([2H])c([2H])c8c([2H])c([2H])c([2H])c([2H])c8c7[2H])c65)c5ccccc45)c([2H])c3[2H])c([2H])c2[2H])c([2H])c1[2H]. The van der Waals surface area contributed by atoms with E-state index >= 15 is 0 Å². The molecule has 0 bridgehead atoms. The molecule has 11 aromatic rings. The number of fused-ring (bicyclic) bond motifs is 6. The van der Waals surface area contributed by atoms with Gasteiger partial charge in [-0.3, -0.25) is 0 Å². The van der Waals surface area contributed by atoms with Crippen LogP contribution in [0.15, 0.2) is 228 Å². The summed E-state index contributed by atoms with van der Waals surface area (Å²) in [5.41, 5.74) is -6.72. The standard InChI is InChI=1S/C56H37NO/c1-3-12-38(13-4-1)41-22-24-42(25-23-41)44-30-34-48(35-31-44)57(47-32-28-43(29-33-47)39-14-5-2-6-15-39)53-37-52-55-49(46-27-26-40-16-7-8-17-45(40)36-46)20-11-21-54(55)58-56(52)51-19-10-9-18-50(51)53/h1-37H/i1D,2D,3D,4D,5D,6D,7D,8D,12D,13D,14D,15D,16D,17D,22D,23D,24D,25D,26D,27D,28D,29D,30D,31D,32D,33D,34D,35D,36D. The first kappa shape index (κ1) is 15.3. The third-order valence-electron chi connectivity index (χ3n) is 9.29. The van der Waals surface area contributed by atoms with Crippen molar-refractivity contribution in [2.45, 2.75) is 0 Å². The van der Waals surface area contributed by atoms with Crippen LogP contribution in [0.4, 0.5) is 17.1 Å². The van der Waals surface area contributed by atoms with Crippen molar-refractivity contribution in [3.05, 3.63) is 224 Å². The second-order valence-corrected chi connectivity index (χ2v) is 12.6. The summed E-state index contributed by atoms with van der Waals surface area (Å²) in [7, 11) is 0. The summed E-state index contributed by atoms with van der Waals surface area (Å²) in [5.74, 6) is 0. The van der Waals surface area contributed by atoms with Crippen LogP contribution >= 0.6 is 0 Å². The molecule has 0 N–H and O–H groups in total. The monoisotopic (exact) mass is 768 g/mol. The van der Waals surface area contributed by atoms with Gasteiger partial charge in [-0.05, 0) is 97.6 Å². The second-order valence-electron chi connectivity index (χ2n) is 12.6. The third-order valence-corrected chi connectivity index (χ3v) is 9.29. The van der Waals surface area contributed by atoms with E-state index in [-0.39, 0.29) is 60.3 Å². The summed E-state index contributed by atoms with van der Waals surface area (Å²) in [4.78, 5) is 0.844. The first-order chi connectivity index (χ1) is 40.8. The van der Waals surface area contributed by atoms with Crippen molar-refractivity contribution < 1.29 is 44.2 Å². The molecular weight excluding hydrogens is 703 g/mol. The maximum atomic E-state index is 9.85. The van der Waals surface area contributed by atoms with Crippen LogP contribution in [0, 0.1) is 0 Å². The van der Waals surface area contributed by atoms with Crippen LogP contribution in [0.25, 0.3) is 88.0 Å². The van der Waals surface area contributed by atoms with Crippen molar-refractivity contribution in [2.24, 2.45) is 0 Å². The summed E-state index contributed by atoms with van der Waals surface area (Å²) in [5, 5.41) is -0.357. The maximum absolute atomic E-state index is 9.85. The molecule has 10 aromatic carbocycles. The largest absolute Gasteiger partial charge is 0.455 e. The summed E-state index contributed by atoms with van der Waals surface area (Å²) >= 11 is 0. The van der Waals surface area contributed by atoms with E-state index in [0.717, 1.165) is 4.90 Å². The van der Waals surface area contributed by atoms with Crippen molar-refractivity contribution in [3.8, 4) is 44.5 Å². The maximum Gasteiger partial charge on any atom is 0.143 e. The normalized spacial score (nSPS) is 18.4. The fraction of sp³-hybridized carbons (Fsp3) is 0. The van der Waals surface area contributed by atoms with E-state index in [9.17, 15) is 16.4 Å². The fourth-order valence-electron chi connectivity index (χ4n) is 6.69. The smallest absolute Gasteiger partial charge is 0.143 e. The molecule has 0 saturated carbocycles. The van der Waals surface area contributed by atoms with Crippen LogP contribution in [-0.2, 0) is 0 Å². The van der Waals surface area contributed by atoms with Gasteiger partial charge in [0.05, 0.1) is 45.4 Å². The summed E-state index contributed by atoms with van der Waals surface area (Å²) < 4.78 is 266. The van der Waals surface area contributed by atoms with E-state index in [0.29, 0.717) is 0 Å². The van der Waals surface area contributed by atoms with Gasteiger partial charge in [-0.25, -0.2) is 0 Å². The molecule has 2 heteroatoms. The number of furan rings is 1. The third kappa shape index (κ3) is 5.91. The average Bonchev–Trinajstić information content (AvgIpc) is 1.70. The first-order valence-corrected chi connectivity index (χ1v) is 17.5. The van der Waals surface area contributed by atoms with E-state index in [1.54, 1.807) is 12.1 Å². The van der Waals surface area contributed by atoms with Gasteiger partial charge < -0.3 is 9.32 Å². The lowest BCUT2D eigenvalue weighted by molar-refractivity contribution is 0.673. The Morgan fingerprint density at radius 1 is 0.397 bits per heavy atom. The molecule has 0 radical (unpaired) electrons. The van der Waals surface area contributed by atoms with Crippen molar-refractivity contribution in [1.29, 1.82) is 0 Å². The predicted molar refractivity (Wildman–Crippen MR) is 245 cm³/mol. The highest BCUT2D eigenvalue weighted by molar-refractivity contribution is 6.22. The van der Waals surface area contributed by atoms with Crippen molar-refractivity contribution in [3.63, 3.8) is 0 Å². The summed E-state index contributed by atoms with van der Waals surface area (Å²) in [6.07, 6.45) is 0. The predicted octanol–water partition coefficient (Wildman–Crippen LogP) is 16.0. The Balaban J connectivity index is 1.28. The lowest BCUT2D eigenvalue weighted by Crippen LogP contribution is -2.10. The Morgan fingerprint density at radius 3 is 1.50 bits per heavy atom. The molecule has 0 atom stereocenters. The van der Waals surface area contributed by atoms with Crippen molar-refractivity contribution in [2.75, 3.05) is 4.90 Å². The Labute approximate surface area is 378 Å². The molecule has 1 aromatic heterocycles. The van der Waals surface area contributed by atoms with Gasteiger partial charge in [-0.1, -0.05) is 181 Å². The molecule has 0 aliphatic carbocycles. The molecule has 0 aliphatic heterocycles. The van der Waals surface area contributed by atoms with E-state index in [1.165, 1.54) is 36.4 Å². The minimum absolute atomic E-state index is 0.00943. The highest BCUT2D eigenvalue weighted by Crippen LogP contribution is 2.47. The number of rotatable bonds is 7. The van der Waals surface area contributed by atoms with E-state index < -0.39 is 220 Å². The van der Waals surface area contributed by atoms with E-state index in [4.69, 9.17) is 27.7 Å². The molecule has 272 valence electrons. The Morgan fingerprint density at radius 2 is 0.897 bits per heavy atom. The zero-order valence-electron chi connectivity index (χ0n) is 58.5. The second kappa shape index (κ2) is 14.1. The number of hydrogen-bond donors (Lipinski definition) is 0. The molecule has 11 rings (SSSR count). The van der Waals surface area contributed by atoms with Crippen LogP contribution in [-0.4, -0.2) is 0 Å². The summed E-state index contributed by atoms with van der Waals surface area (Å²) in [6, 6.07) is -13.8. The Hall–Kier alpha value is -7.68.